The first-order valence-corrected chi connectivity index (χ1v) is 3.21. The highest BCUT2D eigenvalue weighted by Gasteiger charge is 1.91. The van der Waals surface area contributed by atoms with Gasteiger partial charge in [0.15, 0.2) is 0 Å². The van der Waals surface area contributed by atoms with Gasteiger partial charge in [0, 0.05) is 23.7 Å². The van der Waals surface area contributed by atoms with Crippen LogP contribution in [0.25, 0.3) is 0 Å². The summed E-state index contributed by atoms with van der Waals surface area (Å²) < 4.78 is 3.84. The Hall–Kier alpha value is 0.520. The lowest BCUT2D eigenvalue weighted by Gasteiger charge is -1.82. The molecular formula is CH2O2S3. The molecule has 36 valence electrons. The maximum atomic E-state index is 9.77. The van der Waals surface area contributed by atoms with Gasteiger partial charge in [-0.2, -0.15) is 0 Å². The van der Waals surface area contributed by atoms with Crippen molar-refractivity contribution in [2.24, 2.45) is 0 Å². The predicted molar refractivity (Wildman–Crippen MR) is 32.0 cm³/mol. The topological polar surface area (TPSA) is 26.3 Å². The molecule has 0 atom stereocenters. The van der Waals surface area contributed by atoms with E-state index in [4.69, 9.17) is 0 Å². The summed E-state index contributed by atoms with van der Waals surface area (Å²) in [4.78, 5) is 9.77. The second kappa shape index (κ2) is 3.70. The summed E-state index contributed by atoms with van der Waals surface area (Å²) in [6.45, 7) is 0. The normalized spacial score (nSPS) is 7.67. The molecule has 6 heavy (non-hydrogen) atoms. The summed E-state index contributed by atoms with van der Waals surface area (Å²) in [7, 11) is 0.682. The molecule has 0 spiro atoms. The molecule has 0 fully saturated rings. The molecule has 5 heteroatoms. The first-order chi connectivity index (χ1) is 2.81. The standard InChI is InChI=1S/CH2O2S3/c2-1(3-4)6-5/h4-5H. The van der Waals surface area contributed by atoms with Gasteiger partial charge < -0.3 is 4.18 Å². The van der Waals surface area contributed by atoms with E-state index in [0.29, 0.717) is 10.8 Å². The maximum absolute atomic E-state index is 9.77. The summed E-state index contributed by atoms with van der Waals surface area (Å²) in [5.74, 6) is 0. The van der Waals surface area contributed by atoms with E-state index in [0.717, 1.165) is 0 Å². The zero-order chi connectivity index (χ0) is 4.99. The van der Waals surface area contributed by atoms with E-state index < -0.39 is 5.30 Å². The Morgan fingerprint density at radius 3 is 2.33 bits per heavy atom. The van der Waals surface area contributed by atoms with Crippen LogP contribution in [-0.4, -0.2) is 5.30 Å². The molecule has 0 rings (SSSR count). The van der Waals surface area contributed by atoms with Gasteiger partial charge in [-0.25, -0.2) is 4.79 Å². The Morgan fingerprint density at radius 2 is 2.33 bits per heavy atom. The number of carbonyl (C=O) groups excluding carboxylic acids is 1. The largest absolute Gasteiger partial charge is 0.389 e. The van der Waals surface area contributed by atoms with Crippen LogP contribution in [0.3, 0.4) is 0 Å². The molecule has 0 heterocycles. The summed E-state index contributed by atoms with van der Waals surface area (Å²) in [6.07, 6.45) is 0. The first-order valence-electron chi connectivity index (χ1n) is 0.978. The van der Waals surface area contributed by atoms with Gasteiger partial charge in [-0.3, -0.25) is 0 Å². The highest BCUT2D eigenvalue weighted by atomic mass is 33.1. The molecule has 0 aliphatic carbocycles. The molecule has 0 unspecified atom stereocenters. The van der Waals surface area contributed by atoms with Crippen molar-refractivity contribution in [3.8, 4) is 0 Å². The quantitative estimate of drug-likeness (QED) is 0.305. The molecule has 0 saturated heterocycles. The molecule has 0 N–H and O–H groups in total. The van der Waals surface area contributed by atoms with Gasteiger partial charge in [0.05, 0.1) is 0 Å². The van der Waals surface area contributed by atoms with E-state index in [-0.39, 0.29) is 0 Å². The van der Waals surface area contributed by atoms with Crippen molar-refractivity contribution >= 4 is 40.7 Å². The molecule has 0 aromatic heterocycles. The van der Waals surface area contributed by atoms with Gasteiger partial charge in [0.1, 0.15) is 0 Å². The Labute approximate surface area is 50.1 Å². The fourth-order valence-electron chi connectivity index (χ4n) is 0.0167. The van der Waals surface area contributed by atoms with Crippen molar-refractivity contribution in [1.82, 2.24) is 0 Å². The molecule has 0 aliphatic heterocycles. The predicted octanol–water partition coefficient (Wildman–Crippen LogP) is 1.55. The summed E-state index contributed by atoms with van der Waals surface area (Å²) in [5.41, 5.74) is 0. The maximum Gasteiger partial charge on any atom is 0.389 e. The number of hydrogen-bond donors (Lipinski definition) is 2. The Balaban J connectivity index is 2.99. The average molecular weight is 142 g/mol. The van der Waals surface area contributed by atoms with Gasteiger partial charge in [-0.15, -0.1) is 0 Å². The van der Waals surface area contributed by atoms with E-state index in [2.05, 4.69) is 28.8 Å². The van der Waals surface area contributed by atoms with E-state index in [1.165, 1.54) is 0 Å². The smallest absolute Gasteiger partial charge is 0.386 e. The minimum Gasteiger partial charge on any atom is -0.386 e. The van der Waals surface area contributed by atoms with E-state index in [9.17, 15) is 4.79 Å². The number of hydrogen-bond acceptors (Lipinski definition) is 5. The van der Waals surface area contributed by atoms with Gasteiger partial charge >= 0.3 is 5.30 Å². The second-order valence-electron chi connectivity index (χ2n) is 0.433. The molecular weight excluding hydrogens is 140 g/mol. The lowest BCUT2D eigenvalue weighted by molar-refractivity contribution is 0.235. The zero-order valence-corrected chi connectivity index (χ0v) is 5.22. The van der Waals surface area contributed by atoms with E-state index >= 15 is 0 Å². The monoisotopic (exact) mass is 142 g/mol. The zero-order valence-electron chi connectivity index (χ0n) is 2.62. The SMILES string of the molecule is O=C(OS)SS. The van der Waals surface area contributed by atoms with Crippen LogP contribution in [-0.2, 0) is 4.18 Å². The summed E-state index contributed by atoms with van der Waals surface area (Å²) in [6, 6.07) is 0. The minimum atomic E-state index is -0.512. The highest BCUT2D eigenvalue weighted by Crippen LogP contribution is 2.08. The lowest BCUT2D eigenvalue weighted by atomic mass is 11.6. The second-order valence-corrected chi connectivity index (χ2v) is 1.68. The molecule has 0 amide bonds. The Bertz CT molecular complexity index is 46.8. The van der Waals surface area contributed by atoms with E-state index in [1.54, 1.807) is 0 Å². The van der Waals surface area contributed by atoms with Crippen LogP contribution in [0.5, 0.6) is 0 Å². The first kappa shape index (κ1) is 6.52. The molecule has 0 aromatic rings. The molecule has 0 aliphatic rings. The summed E-state index contributed by atoms with van der Waals surface area (Å²) in [5, 5.41) is -0.512. The van der Waals surface area contributed by atoms with Crippen molar-refractivity contribution in [2.45, 2.75) is 0 Å². The van der Waals surface area contributed by atoms with Crippen LogP contribution < -0.4 is 0 Å². The van der Waals surface area contributed by atoms with E-state index in [1.807, 2.05) is 0 Å². The van der Waals surface area contributed by atoms with Crippen LogP contribution in [0, 0.1) is 0 Å². The molecule has 2 nitrogen and oxygen atoms in total. The number of thiol groups is 2. The fraction of sp³-hybridized carbons (Fsp3) is 0. The minimum absolute atomic E-state index is 0.512. The van der Waals surface area contributed by atoms with Crippen molar-refractivity contribution in [2.75, 3.05) is 0 Å². The van der Waals surface area contributed by atoms with Crippen LogP contribution in [0.15, 0.2) is 0 Å². The van der Waals surface area contributed by atoms with Crippen molar-refractivity contribution in [1.29, 1.82) is 0 Å². The van der Waals surface area contributed by atoms with Gasteiger partial charge in [-0.05, 0) is 0 Å². The van der Waals surface area contributed by atoms with Crippen molar-refractivity contribution < 1.29 is 8.98 Å². The average Bonchev–Trinajstić information content (AvgIpc) is 1.65. The van der Waals surface area contributed by atoms with Crippen LogP contribution in [0.2, 0.25) is 0 Å². The van der Waals surface area contributed by atoms with Gasteiger partial charge in [0.2, 0.25) is 0 Å². The van der Waals surface area contributed by atoms with Gasteiger partial charge in [0.25, 0.3) is 0 Å². The molecule has 0 bridgehead atoms. The van der Waals surface area contributed by atoms with Crippen LogP contribution in [0.4, 0.5) is 4.79 Å². The van der Waals surface area contributed by atoms with Crippen molar-refractivity contribution in [3.05, 3.63) is 0 Å². The number of rotatable bonds is 0. The Morgan fingerprint density at radius 1 is 1.83 bits per heavy atom. The third-order valence-corrected chi connectivity index (χ3v) is 1.12. The summed E-state index contributed by atoms with van der Waals surface area (Å²) >= 11 is 6.67. The third-order valence-electron chi connectivity index (χ3n) is 0.149. The molecule has 0 saturated carbocycles. The van der Waals surface area contributed by atoms with Gasteiger partial charge in [-0.1, -0.05) is 11.7 Å². The third kappa shape index (κ3) is 2.74. The Kier molecular flexibility index (Phi) is 4.02. The molecule has 0 radical (unpaired) electrons. The highest BCUT2D eigenvalue weighted by molar-refractivity contribution is 8.74. The lowest BCUT2D eigenvalue weighted by Crippen LogP contribution is -1.77. The molecule has 0 aromatic carbocycles. The number of carbonyl (C=O) groups is 1. The fourth-order valence-corrected chi connectivity index (χ4v) is 0.450. The van der Waals surface area contributed by atoms with Crippen molar-refractivity contribution in [3.63, 3.8) is 0 Å². The van der Waals surface area contributed by atoms with Crippen LogP contribution in [0.1, 0.15) is 0 Å². The van der Waals surface area contributed by atoms with Crippen LogP contribution >= 0.6 is 35.4 Å².